The molecule has 1 fully saturated rings. The number of halogens is 1. The number of carbonyl (C=O) groups is 2. The second-order valence-electron chi connectivity index (χ2n) is 4.38. The molecule has 0 spiro atoms. The fraction of sp³-hybridized carbons (Fsp3) is 0.333. The predicted octanol–water partition coefficient (Wildman–Crippen LogP) is 0.742. The molecule has 106 valence electrons. The van der Waals surface area contributed by atoms with E-state index in [0.29, 0.717) is 19.4 Å². The molecule has 1 aliphatic rings. The first-order valence-electron chi connectivity index (χ1n) is 6.01. The van der Waals surface area contributed by atoms with E-state index >= 15 is 0 Å². The van der Waals surface area contributed by atoms with Gasteiger partial charge in [-0.25, -0.2) is 4.39 Å². The lowest BCUT2D eigenvalue weighted by Crippen LogP contribution is -2.50. The number of hydrogen-bond donors (Lipinski definition) is 2. The van der Waals surface area contributed by atoms with E-state index < -0.39 is 28.3 Å². The van der Waals surface area contributed by atoms with Crippen molar-refractivity contribution in [2.24, 2.45) is 0 Å². The van der Waals surface area contributed by atoms with Gasteiger partial charge in [-0.05, 0) is 18.9 Å². The average molecular weight is 281 g/mol. The Bertz CT molecular complexity index is 576. The summed E-state index contributed by atoms with van der Waals surface area (Å²) in [4.78, 5) is 33.3. The van der Waals surface area contributed by atoms with Crippen LogP contribution in [-0.4, -0.2) is 29.3 Å². The Balaban J connectivity index is 2.18. The van der Waals surface area contributed by atoms with Gasteiger partial charge in [0.15, 0.2) is 0 Å². The molecule has 1 unspecified atom stereocenters. The first kappa shape index (κ1) is 13.9. The SMILES string of the molecule is O=C(NC1CCCNC1=O)c1cc([N+](=O)[O-])ccc1F. The highest BCUT2D eigenvalue weighted by molar-refractivity contribution is 5.98. The quantitative estimate of drug-likeness (QED) is 0.630. The third kappa shape index (κ3) is 2.90. The zero-order valence-electron chi connectivity index (χ0n) is 10.4. The molecule has 1 aromatic rings. The van der Waals surface area contributed by atoms with E-state index in [-0.39, 0.29) is 11.6 Å². The summed E-state index contributed by atoms with van der Waals surface area (Å²) < 4.78 is 13.6. The standard InChI is InChI=1S/C12H12FN3O4/c13-9-4-3-7(16(19)20)6-8(9)11(17)15-10-2-1-5-14-12(10)18/h3-4,6,10H,1-2,5H2,(H,14,18)(H,15,17). The van der Waals surface area contributed by atoms with Crippen LogP contribution in [0.5, 0.6) is 0 Å². The molecular formula is C12H12FN3O4. The van der Waals surface area contributed by atoms with Gasteiger partial charge in [0, 0.05) is 18.7 Å². The number of hydrogen-bond acceptors (Lipinski definition) is 4. The van der Waals surface area contributed by atoms with Crippen molar-refractivity contribution < 1.29 is 18.9 Å². The van der Waals surface area contributed by atoms with Crippen LogP contribution >= 0.6 is 0 Å². The minimum absolute atomic E-state index is 0.338. The smallest absolute Gasteiger partial charge is 0.270 e. The molecule has 2 rings (SSSR count). The first-order chi connectivity index (χ1) is 9.49. The summed E-state index contributed by atoms with van der Waals surface area (Å²) in [5.74, 6) is -2.05. The van der Waals surface area contributed by atoms with Crippen molar-refractivity contribution in [1.82, 2.24) is 10.6 Å². The normalized spacial score (nSPS) is 18.2. The van der Waals surface area contributed by atoms with Gasteiger partial charge in [-0.3, -0.25) is 19.7 Å². The lowest BCUT2D eigenvalue weighted by Gasteiger charge is -2.22. The molecule has 0 bridgehead atoms. The van der Waals surface area contributed by atoms with Crippen LogP contribution in [0.2, 0.25) is 0 Å². The van der Waals surface area contributed by atoms with Crippen molar-refractivity contribution in [3.8, 4) is 0 Å². The van der Waals surface area contributed by atoms with E-state index in [2.05, 4.69) is 10.6 Å². The van der Waals surface area contributed by atoms with Gasteiger partial charge in [-0.2, -0.15) is 0 Å². The van der Waals surface area contributed by atoms with Gasteiger partial charge in [-0.1, -0.05) is 0 Å². The molecule has 8 heteroatoms. The van der Waals surface area contributed by atoms with Gasteiger partial charge >= 0.3 is 0 Å². The van der Waals surface area contributed by atoms with Crippen LogP contribution in [0.4, 0.5) is 10.1 Å². The Hall–Kier alpha value is -2.51. The predicted molar refractivity (Wildman–Crippen MR) is 66.6 cm³/mol. The number of nitrogens with zero attached hydrogens (tertiary/aromatic N) is 1. The molecule has 1 heterocycles. The summed E-state index contributed by atoms with van der Waals surface area (Å²) in [6, 6.07) is 1.94. The number of carbonyl (C=O) groups excluding carboxylic acids is 2. The second kappa shape index (κ2) is 5.64. The summed E-state index contributed by atoms with van der Waals surface area (Å²) in [5, 5.41) is 15.6. The highest BCUT2D eigenvalue weighted by atomic mass is 19.1. The Morgan fingerprint density at radius 1 is 1.50 bits per heavy atom. The van der Waals surface area contributed by atoms with Crippen LogP contribution in [0.1, 0.15) is 23.2 Å². The molecule has 2 N–H and O–H groups in total. The zero-order chi connectivity index (χ0) is 14.7. The second-order valence-corrected chi connectivity index (χ2v) is 4.38. The van der Waals surface area contributed by atoms with Crippen LogP contribution in [0, 0.1) is 15.9 Å². The summed E-state index contributed by atoms with van der Waals surface area (Å²) >= 11 is 0. The van der Waals surface area contributed by atoms with Gasteiger partial charge in [0.1, 0.15) is 11.9 Å². The van der Waals surface area contributed by atoms with Crippen molar-refractivity contribution in [3.05, 3.63) is 39.7 Å². The van der Waals surface area contributed by atoms with Crippen molar-refractivity contribution in [2.75, 3.05) is 6.54 Å². The minimum Gasteiger partial charge on any atom is -0.354 e. The summed E-state index contributed by atoms with van der Waals surface area (Å²) in [7, 11) is 0. The molecule has 20 heavy (non-hydrogen) atoms. The number of non-ortho nitro benzene ring substituents is 1. The topological polar surface area (TPSA) is 101 Å². The van der Waals surface area contributed by atoms with E-state index in [1.165, 1.54) is 0 Å². The van der Waals surface area contributed by atoms with Crippen LogP contribution < -0.4 is 10.6 Å². The lowest BCUT2D eigenvalue weighted by atomic mass is 10.1. The molecule has 2 amide bonds. The average Bonchev–Trinajstić information content (AvgIpc) is 2.41. The number of piperidine rings is 1. The monoisotopic (exact) mass is 281 g/mol. The number of benzene rings is 1. The Labute approximate surface area is 113 Å². The van der Waals surface area contributed by atoms with E-state index in [9.17, 15) is 24.1 Å². The Kier molecular flexibility index (Phi) is 3.92. The zero-order valence-corrected chi connectivity index (χ0v) is 10.4. The van der Waals surface area contributed by atoms with E-state index in [4.69, 9.17) is 0 Å². The molecule has 0 radical (unpaired) electrons. The van der Waals surface area contributed by atoms with Crippen molar-refractivity contribution in [1.29, 1.82) is 0 Å². The third-order valence-electron chi connectivity index (χ3n) is 3.00. The summed E-state index contributed by atoms with van der Waals surface area (Å²) in [5.41, 5.74) is -0.831. The fourth-order valence-corrected chi connectivity index (χ4v) is 1.95. The van der Waals surface area contributed by atoms with Crippen LogP contribution in [-0.2, 0) is 4.79 Å². The van der Waals surface area contributed by atoms with Gasteiger partial charge in [0.05, 0.1) is 10.5 Å². The number of nitro groups is 1. The molecule has 0 aliphatic carbocycles. The van der Waals surface area contributed by atoms with Gasteiger partial charge < -0.3 is 10.6 Å². The molecular weight excluding hydrogens is 269 g/mol. The molecule has 1 saturated heterocycles. The van der Waals surface area contributed by atoms with E-state index in [1.807, 2.05) is 0 Å². The van der Waals surface area contributed by atoms with Crippen LogP contribution in [0.25, 0.3) is 0 Å². The third-order valence-corrected chi connectivity index (χ3v) is 3.00. The Morgan fingerprint density at radius 2 is 2.25 bits per heavy atom. The molecule has 0 aromatic heterocycles. The molecule has 0 saturated carbocycles. The summed E-state index contributed by atoms with van der Waals surface area (Å²) in [6.07, 6.45) is 1.15. The summed E-state index contributed by atoms with van der Waals surface area (Å²) in [6.45, 7) is 0.538. The molecule has 1 aromatic carbocycles. The number of amides is 2. The molecule has 1 aliphatic heterocycles. The van der Waals surface area contributed by atoms with Crippen molar-refractivity contribution >= 4 is 17.5 Å². The molecule has 1 atom stereocenters. The maximum Gasteiger partial charge on any atom is 0.270 e. The van der Waals surface area contributed by atoms with E-state index in [1.54, 1.807) is 0 Å². The highest BCUT2D eigenvalue weighted by Crippen LogP contribution is 2.17. The fourth-order valence-electron chi connectivity index (χ4n) is 1.95. The maximum atomic E-state index is 13.6. The highest BCUT2D eigenvalue weighted by Gasteiger charge is 2.26. The van der Waals surface area contributed by atoms with Gasteiger partial charge in [-0.15, -0.1) is 0 Å². The largest absolute Gasteiger partial charge is 0.354 e. The van der Waals surface area contributed by atoms with Crippen LogP contribution in [0.3, 0.4) is 0 Å². The van der Waals surface area contributed by atoms with E-state index in [0.717, 1.165) is 18.2 Å². The van der Waals surface area contributed by atoms with Crippen LogP contribution in [0.15, 0.2) is 18.2 Å². The first-order valence-corrected chi connectivity index (χ1v) is 6.01. The van der Waals surface area contributed by atoms with Gasteiger partial charge in [0.25, 0.3) is 11.6 Å². The van der Waals surface area contributed by atoms with Gasteiger partial charge in [0.2, 0.25) is 5.91 Å². The van der Waals surface area contributed by atoms with Crippen molar-refractivity contribution in [3.63, 3.8) is 0 Å². The van der Waals surface area contributed by atoms with Crippen molar-refractivity contribution in [2.45, 2.75) is 18.9 Å². The Morgan fingerprint density at radius 3 is 2.90 bits per heavy atom. The number of nitrogens with one attached hydrogen (secondary N) is 2. The number of rotatable bonds is 3. The lowest BCUT2D eigenvalue weighted by molar-refractivity contribution is -0.384. The molecule has 7 nitrogen and oxygen atoms in total. The minimum atomic E-state index is -0.871. The number of nitro benzene ring substituents is 1. The maximum absolute atomic E-state index is 13.6.